The maximum absolute atomic E-state index is 4.69. The van der Waals surface area contributed by atoms with Crippen molar-refractivity contribution in [3.8, 4) is 0 Å². The fourth-order valence-electron chi connectivity index (χ4n) is 4.35. The van der Waals surface area contributed by atoms with Gasteiger partial charge in [0.05, 0.1) is 11.0 Å². The van der Waals surface area contributed by atoms with Gasteiger partial charge in [-0.25, -0.2) is 4.98 Å². The molecule has 1 aromatic heterocycles. The molecule has 1 heterocycles. The predicted octanol–water partition coefficient (Wildman–Crippen LogP) is 6.84. The molecule has 4 aromatic carbocycles. The van der Waals surface area contributed by atoms with Crippen molar-refractivity contribution in [3.63, 3.8) is 0 Å². The molecule has 5 aromatic rings. The Bertz CT molecular complexity index is 1290. The van der Waals surface area contributed by atoms with E-state index in [-0.39, 0.29) is 0 Å². The van der Waals surface area contributed by atoms with Gasteiger partial charge in [-0.3, -0.25) is 4.72 Å². The molecule has 0 bridgehead atoms. The number of hydrogen-bond acceptors (Lipinski definition) is 3. The highest BCUT2D eigenvalue weighted by Gasteiger charge is 2.12. The Balaban J connectivity index is 1.25. The van der Waals surface area contributed by atoms with Crippen molar-refractivity contribution in [2.45, 2.75) is 37.2 Å². The first-order valence-electron chi connectivity index (χ1n) is 11.8. The van der Waals surface area contributed by atoms with Crippen LogP contribution < -0.4 is 4.72 Å². The van der Waals surface area contributed by atoms with E-state index in [0.717, 1.165) is 30.7 Å². The molecule has 4 heteroatoms. The topological polar surface area (TPSA) is 29.9 Å². The lowest BCUT2D eigenvalue weighted by Crippen LogP contribution is -2.28. The number of benzene rings is 4. The van der Waals surface area contributed by atoms with Crippen LogP contribution in [0.25, 0.3) is 11.0 Å². The Hall–Kier alpha value is -3.34. The number of nitrogens with zero attached hydrogens (tertiary/aromatic N) is 2. The molecule has 0 spiro atoms. The summed E-state index contributed by atoms with van der Waals surface area (Å²) in [7, 11) is 0. The van der Waals surface area contributed by atoms with Crippen LogP contribution in [0, 0.1) is 6.92 Å². The molecule has 0 aliphatic heterocycles. The fraction of sp³-hybridized carbons (Fsp3) is 0.167. The number of imidazole rings is 1. The van der Waals surface area contributed by atoms with Gasteiger partial charge in [-0.15, -0.1) is 0 Å². The number of rotatable bonds is 9. The molecule has 0 unspecified atom stereocenters. The molecule has 0 aliphatic rings. The van der Waals surface area contributed by atoms with Gasteiger partial charge >= 0.3 is 0 Å². The summed E-state index contributed by atoms with van der Waals surface area (Å²) in [5, 5.41) is 0. The van der Waals surface area contributed by atoms with E-state index >= 15 is 0 Å². The number of aromatic nitrogens is 2. The molecule has 5 rings (SSSR count). The van der Waals surface area contributed by atoms with Crippen LogP contribution in [0.3, 0.4) is 0 Å². The van der Waals surface area contributed by atoms with Gasteiger partial charge < -0.3 is 4.57 Å². The molecule has 0 amide bonds. The van der Waals surface area contributed by atoms with Gasteiger partial charge in [-0.1, -0.05) is 84.9 Å². The number of para-hydroxylation sites is 2. The van der Waals surface area contributed by atoms with E-state index in [1.807, 2.05) is 6.07 Å². The summed E-state index contributed by atoms with van der Waals surface area (Å²) in [5.41, 5.74) is 6.23. The Morgan fingerprint density at radius 3 is 1.94 bits per heavy atom. The summed E-state index contributed by atoms with van der Waals surface area (Å²) in [4.78, 5) is 5.92. The van der Waals surface area contributed by atoms with Crippen LogP contribution in [-0.2, 0) is 19.4 Å². The van der Waals surface area contributed by atoms with Gasteiger partial charge in [-0.05, 0) is 72.7 Å². The SMILES string of the molecule is Cc1nc2ccccc2n1Cc1ccc(SNC(Cc2ccccc2)Cc2ccccc2)cc1. The van der Waals surface area contributed by atoms with Crippen molar-refractivity contribution < 1.29 is 0 Å². The zero-order valence-corrected chi connectivity index (χ0v) is 20.2. The van der Waals surface area contributed by atoms with Gasteiger partial charge in [0.15, 0.2) is 0 Å². The van der Waals surface area contributed by atoms with E-state index < -0.39 is 0 Å². The third kappa shape index (κ3) is 5.58. The van der Waals surface area contributed by atoms with E-state index in [1.54, 1.807) is 11.9 Å². The highest BCUT2D eigenvalue weighted by atomic mass is 32.2. The molecule has 0 atom stereocenters. The maximum atomic E-state index is 4.69. The molecule has 0 fully saturated rings. The average Bonchev–Trinajstić information content (AvgIpc) is 3.19. The summed E-state index contributed by atoms with van der Waals surface area (Å²) in [6.45, 7) is 2.91. The summed E-state index contributed by atoms with van der Waals surface area (Å²) in [6.07, 6.45) is 1.99. The largest absolute Gasteiger partial charge is 0.324 e. The number of hydrogen-bond donors (Lipinski definition) is 1. The summed E-state index contributed by atoms with van der Waals surface area (Å²) >= 11 is 1.72. The average molecular weight is 464 g/mol. The Morgan fingerprint density at radius 2 is 1.29 bits per heavy atom. The van der Waals surface area contributed by atoms with Gasteiger partial charge in [0.2, 0.25) is 0 Å². The molecule has 0 saturated carbocycles. The Morgan fingerprint density at radius 1 is 0.706 bits per heavy atom. The third-order valence-corrected chi connectivity index (χ3v) is 7.06. The highest BCUT2D eigenvalue weighted by Crippen LogP contribution is 2.21. The minimum atomic E-state index is 0.342. The Labute approximate surface area is 206 Å². The first-order chi connectivity index (χ1) is 16.7. The summed E-state index contributed by atoms with van der Waals surface area (Å²) < 4.78 is 6.02. The molecular formula is C30H29N3S. The van der Waals surface area contributed by atoms with Crippen LogP contribution in [0.4, 0.5) is 0 Å². The lowest BCUT2D eigenvalue weighted by Gasteiger charge is -2.19. The summed E-state index contributed by atoms with van der Waals surface area (Å²) in [6, 6.07) is 39.0. The van der Waals surface area contributed by atoms with Crippen molar-refractivity contribution in [3.05, 3.63) is 132 Å². The predicted molar refractivity (Wildman–Crippen MR) is 143 cm³/mol. The monoisotopic (exact) mass is 463 g/mol. The lowest BCUT2D eigenvalue weighted by molar-refractivity contribution is 0.623. The second-order valence-corrected chi connectivity index (χ2v) is 9.59. The molecule has 0 saturated heterocycles. The Kier molecular flexibility index (Phi) is 7.08. The van der Waals surface area contributed by atoms with E-state index in [0.29, 0.717) is 6.04 Å². The highest BCUT2D eigenvalue weighted by molar-refractivity contribution is 7.97. The third-order valence-electron chi connectivity index (χ3n) is 6.10. The normalized spacial score (nSPS) is 11.4. The second-order valence-electron chi connectivity index (χ2n) is 8.67. The number of aryl methyl sites for hydroxylation is 1. The van der Waals surface area contributed by atoms with Crippen LogP contribution in [0.15, 0.2) is 114 Å². The van der Waals surface area contributed by atoms with Crippen LogP contribution >= 0.6 is 11.9 Å². The standard InChI is InChI=1S/C30H29N3S/c1-23-31-29-14-8-9-15-30(29)33(23)22-26-16-18-28(19-17-26)34-32-27(20-24-10-4-2-5-11-24)21-25-12-6-3-7-13-25/h2-19,27,32H,20-22H2,1H3. The van der Waals surface area contributed by atoms with Crippen molar-refractivity contribution in [1.29, 1.82) is 0 Å². The summed E-state index contributed by atoms with van der Waals surface area (Å²) in [5.74, 6) is 1.05. The maximum Gasteiger partial charge on any atom is 0.107 e. The van der Waals surface area contributed by atoms with Crippen molar-refractivity contribution in [1.82, 2.24) is 14.3 Å². The fourth-order valence-corrected chi connectivity index (χ4v) is 5.09. The second kappa shape index (κ2) is 10.7. The van der Waals surface area contributed by atoms with Crippen LogP contribution in [-0.4, -0.2) is 15.6 Å². The molecular weight excluding hydrogens is 434 g/mol. The van der Waals surface area contributed by atoms with E-state index in [1.165, 1.54) is 27.1 Å². The minimum absolute atomic E-state index is 0.342. The smallest absolute Gasteiger partial charge is 0.107 e. The van der Waals surface area contributed by atoms with E-state index in [2.05, 4.69) is 119 Å². The van der Waals surface area contributed by atoms with E-state index in [9.17, 15) is 0 Å². The quantitative estimate of drug-likeness (QED) is 0.243. The molecule has 1 N–H and O–H groups in total. The minimum Gasteiger partial charge on any atom is -0.324 e. The molecule has 3 nitrogen and oxygen atoms in total. The van der Waals surface area contributed by atoms with Crippen molar-refractivity contribution in [2.24, 2.45) is 0 Å². The van der Waals surface area contributed by atoms with E-state index in [4.69, 9.17) is 4.98 Å². The van der Waals surface area contributed by atoms with Gasteiger partial charge in [0.1, 0.15) is 5.82 Å². The molecule has 170 valence electrons. The number of nitrogens with one attached hydrogen (secondary N) is 1. The van der Waals surface area contributed by atoms with Crippen LogP contribution in [0.1, 0.15) is 22.5 Å². The van der Waals surface area contributed by atoms with Crippen molar-refractivity contribution >= 4 is 23.0 Å². The van der Waals surface area contributed by atoms with Crippen LogP contribution in [0.5, 0.6) is 0 Å². The molecule has 0 radical (unpaired) electrons. The first kappa shape index (κ1) is 22.5. The lowest BCUT2D eigenvalue weighted by atomic mass is 10.00. The van der Waals surface area contributed by atoms with Crippen molar-refractivity contribution in [2.75, 3.05) is 0 Å². The van der Waals surface area contributed by atoms with Gasteiger partial charge in [-0.2, -0.15) is 0 Å². The zero-order valence-electron chi connectivity index (χ0n) is 19.4. The molecule has 0 aliphatic carbocycles. The zero-order chi connectivity index (χ0) is 23.2. The van der Waals surface area contributed by atoms with Gasteiger partial charge in [0, 0.05) is 17.5 Å². The first-order valence-corrected chi connectivity index (χ1v) is 12.6. The van der Waals surface area contributed by atoms with Crippen LogP contribution in [0.2, 0.25) is 0 Å². The number of fused-ring (bicyclic) bond motifs is 1. The van der Waals surface area contributed by atoms with Gasteiger partial charge in [0.25, 0.3) is 0 Å². The molecule has 34 heavy (non-hydrogen) atoms.